The number of hydrogen-bond donors (Lipinski definition) is 4. The van der Waals surface area contributed by atoms with Gasteiger partial charge in [-0.25, -0.2) is 9.59 Å². The van der Waals surface area contributed by atoms with Crippen LogP contribution in [0.15, 0.2) is 36.7 Å². The number of pyridine rings is 1. The first-order chi connectivity index (χ1) is 13.3. The highest BCUT2D eigenvalue weighted by molar-refractivity contribution is 6.39. The van der Waals surface area contributed by atoms with E-state index in [0.717, 1.165) is 5.56 Å². The number of hydrogen-bond acceptors (Lipinski definition) is 4. The second-order valence-electron chi connectivity index (χ2n) is 5.54. The molecule has 0 aliphatic rings. The highest BCUT2D eigenvalue weighted by Gasteiger charge is 2.24. The lowest BCUT2D eigenvalue weighted by atomic mass is 10.2. The Balaban J connectivity index is 1.91. The fourth-order valence-electron chi connectivity index (χ4n) is 2.15. The van der Waals surface area contributed by atoms with Gasteiger partial charge in [0.25, 0.3) is 5.91 Å². The number of halogens is 3. The summed E-state index contributed by atoms with van der Waals surface area (Å²) in [4.78, 5) is 39.3. The average Bonchev–Trinajstić information content (AvgIpc) is 2.63. The van der Waals surface area contributed by atoms with Gasteiger partial charge < -0.3 is 21.1 Å². The van der Waals surface area contributed by atoms with Gasteiger partial charge in [0, 0.05) is 24.0 Å². The molecule has 148 valence electrons. The zero-order valence-electron chi connectivity index (χ0n) is 14.2. The van der Waals surface area contributed by atoms with E-state index in [-0.39, 0.29) is 28.7 Å². The second kappa shape index (κ2) is 10.1. The van der Waals surface area contributed by atoms with E-state index in [4.69, 9.17) is 34.8 Å². The minimum absolute atomic E-state index is 0.0265. The standard InChI is InChI=1S/C17H15Cl3N4O4/c18-10-3-1-2-9(4-10)5-22-17(28)23-8-13(16(26)27)24-15(25)14-11(19)6-21-7-12(14)20/h1-4,6-7,13H,5,8H2,(H,24,25)(H,26,27)(H2,22,23,28)/t13-/m0/s1. The van der Waals surface area contributed by atoms with E-state index in [2.05, 4.69) is 20.9 Å². The number of carboxylic acid groups (broad SMARTS) is 1. The second-order valence-corrected chi connectivity index (χ2v) is 6.79. The molecular weight excluding hydrogens is 431 g/mol. The Morgan fingerprint density at radius 3 is 2.36 bits per heavy atom. The number of nitrogens with one attached hydrogen (secondary N) is 3. The van der Waals surface area contributed by atoms with Crippen molar-refractivity contribution in [3.05, 3.63) is 62.9 Å². The third kappa shape index (κ3) is 6.26. The number of carbonyl (C=O) groups is 3. The lowest BCUT2D eigenvalue weighted by Gasteiger charge is -2.16. The van der Waals surface area contributed by atoms with Gasteiger partial charge in [-0.2, -0.15) is 0 Å². The van der Waals surface area contributed by atoms with Crippen molar-refractivity contribution in [2.75, 3.05) is 6.54 Å². The molecule has 28 heavy (non-hydrogen) atoms. The summed E-state index contributed by atoms with van der Waals surface area (Å²) in [6, 6.07) is 4.89. The molecule has 1 aromatic heterocycles. The third-order valence-electron chi connectivity index (χ3n) is 3.49. The molecule has 0 aliphatic heterocycles. The molecule has 4 N–H and O–H groups in total. The summed E-state index contributed by atoms with van der Waals surface area (Å²) in [5.74, 6) is -2.14. The van der Waals surface area contributed by atoms with Crippen molar-refractivity contribution in [2.45, 2.75) is 12.6 Å². The lowest BCUT2D eigenvalue weighted by Crippen LogP contribution is -2.50. The van der Waals surface area contributed by atoms with Gasteiger partial charge in [-0.3, -0.25) is 9.78 Å². The first kappa shape index (κ1) is 21.7. The number of nitrogens with zero attached hydrogens (tertiary/aromatic N) is 1. The van der Waals surface area contributed by atoms with Crippen molar-refractivity contribution in [3.8, 4) is 0 Å². The number of urea groups is 1. The number of aromatic nitrogens is 1. The zero-order valence-corrected chi connectivity index (χ0v) is 16.5. The Hall–Kier alpha value is -2.55. The SMILES string of the molecule is O=C(NCc1cccc(Cl)c1)NC[C@H](NC(=O)c1c(Cl)cncc1Cl)C(=O)O. The molecule has 0 aliphatic carbocycles. The van der Waals surface area contributed by atoms with Gasteiger partial charge >= 0.3 is 12.0 Å². The van der Waals surface area contributed by atoms with E-state index in [1.807, 2.05) is 0 Å². The van der Waals surface area contributed by atoms with Gasteiger partial charge in [-0.15, -0.1) is 0 Å². The number of benzene rings is 1. The molecule has 0 fully saturated rings. The Kier molecular flexibility index (Phi) is 7.86. The monoisotopic (exact) mass is 444 g/mol. The third-order valence-corrected chi connectivity index (χ3v) is 4.30. The van der Waals surface area contributed by atoms with Crippen molar-refractivity contribution in [3.63, 3.8) is 0 Å². The van der Waals surface area contributed by atoms with Crippen molar-refractivity contribution in [2.24, 2.45) is 0 Å². The molecule has 0 saturated heterocycles. The summed E-state index contributed by atoms with van der Waals surface area (Å²) in [6.45, 7) is -0.165. The number of carbonyl (C=O) groups excluding carboxylic acids is 2. The Morgan fingerprint density at radius 2 is 1.75 bits per heavy atom. The number of amides is 3. The number of rotatable bonds is 7. The van der Waals surface area contributed by atoms with Gasteiger partial charge in [0.1, 0.15) is 6.04 Å². The van der Waals surface area contributed by atoms with Crippen LogP contribution in [-0.2, 0) is 11.3 Å². The molecule has 1 heterocycles. The van der Waals surface area contributed by atoms with Crippen LogP contribution in [0.1, 0.15) is 15.9 Å². The Bertz CT molecular complexity index is 874. The molecule has 0 saturated carbocycles. The van der Waals surface area contributed by atoms with Gasteiger partial charge in [-0.05, 0) is 17.7 Å². The van der Waals surface area contributed by atoms with Gasteiger partial charge in [0.15, 0.2) is 0 Å². The fourth-order valence-corrected chi connectivity index (χ4v) is 2.89. The smallest absolute Gasteiger partial charge is 0.328 e. The molecule has 0 spiro atoms. The van der Waals surface area contributed by atoms with E-state index >= 15 is 0 Å². The first-order valence-electron chi connectivity index (χ1n) is 7.86. The summed E-state index contributed by atoms with van der Waals surface area (Å²) >= 11 is 17.6. The average molecular weight is 446 g/mol. The van der Waals surface area contributed by atoms with Gasteiger partial charge in [0.2, 0.25) is 0 Å². The highest BCUT2D eigenvalue weighted by atomic mass is 35.5. The predicted molar refractivity (Wildman–Crippen MR) is 105 cm³/mol. The highest BCUT2D eigenvalue weighted by Crippen LogP contribution is 2.22. The summed E-state index contributed by atoms with van der Waals surface area (Å²) < 4.78 is 0. The Labute approximate surface area is 175 Å². The van der Waals surface area contributed by atoms with E-state index in [1.165, 1.54) is 12.4 Å². The van der Waals surface area contributed by atoms with Crippen LogP contribution in [0.5, 0.6) is 0 Å². The van der Waals surface area contributed by atoms with Crippen molar-refractivity contribution in [1.82, 2.24) is 20.9 Å². The van der Waals surface area contributed by atoms with Crippen LogP contribution in [-0.4, -0.2) is 40.6 Å². The van der Waals surface area contributed by atoms with Crippen LogP contribution in [0.4, 0.5) is 4.79 Å². The molecule has 11 heteroatoms. The van der Waals surface area contributed by atoms with Crippen LogP contribution in [0.25, 0.3) is 0 Å². The first-order valence-corrected chi connectivity index (χ1v) is 9.00. The quantitative estimate of drug-likeness (QED) is 0.522. The number of aliphatic carboxylic acids is 1. The molecule has 3 amide bonds. The van der Waals surface area contributed by atoms with Gasteiger partial charge in [-0.1, -0.05) is 46.9 Å². The minimum atomic E-state index is -1.40. The largest absolute Gasteiger partial charge is 0.480 e. The van der Waals surface area contributed by atoms with Gasteiger partial charge in [0.05, 0.1) is 22.2 Å². The van der Waals surface area contributed by atoms with Crippen molar-refractivity contribution < 1.29 is 19.5 Å². The van der Waals surface area contributed by atoms with E-state index in [0.29, 0.717) is 5.02 Å². The molecular formula is C17H15Cl3N4O4. The maximum Gasteiger partial charge on any atom is 0.328 e. The van der Waals surface area contributed by atoms with Crippen LogP contribution in [0.3, 0.4) is 0 Å². The van der Waals surface area contributed by atoms with Crippen LogP contribution in [0.2, 0.25) is 15.1 Å². The molecule has 2 rings (SSSR count). The molecule has 2 aromatic rings. The lowest BCUT2D eigenvalue weighted by molar-refractivity contribution is -0.139. The molecule has 0 bridgehead atoms. The molecule has 1 aromatic carbocycles. The van der Waals surface area contributed by atoms with E-state index in [9.17, 15) is 19.5 Å². The summed E-state index contributed by atoms with van der Waals surface area (Å²) in [7, 11) is 0. The Morgan fingerprint density at radius 1 is 1.07 bits per heavy atom. The van der Waals surface area contributed by atoms with Crippen LogP contribution >= 0.6 is 34.8 Å². The molecule has 8 nitrogen and oxygen atoms in total. The van der Waals surface area contributed by atoms with Crippen LogP contribution < -0.4 is 16.0 Å². The molecule has 1 atom stereocenters. The topological polar surface area (TPSA) is 120 Å². The summed E-state index contributed by atoms with van der Waals surface area (Å²) in [5, 5.41) is 16.9. The normalized spacial score (nSPS) is 11.4. The van der Waals surface area contributed by atoms with Crippen molar-refractivity contribution >= 4 is 52.7 Å². The van der Waals surface area contributed by atoms with E-state index in [1.54, 1.807) is 24.3 Å². The molecule has 0 radical (unpaired) electrons. The number of carboxylic acids is 1. The van der Waals surface area contributed by atoms with E-state index < -0.39 is 23.9 Å². The predicted octanol–water partition coefficient (Wildman–Crippen LogP) is 2.72. The minimum Gasteiger partial charge on any atom is -0.480 e. The van der Waals surface area contributed by atoms with Crippen LogP contribution in [0, 0.1) is 0 Å². The summed E-state index contributed by atoms with van der Waals surface area (Å²) in [5.41, 5.74) is 0.669. The summed E-state index contributed by atoms with van der Waals surface area (Å²) in [6.07, 6.45) is 2.42. The maximum absolute atomic E-state index is 12.3. The zero-order chi connectivity index (χ0) is 20.7. The fraction of sp³-hybridized carbons (Fsp3) is 0.176. The molecule has 0 unspecified atom stereocenters. The maximum atomic E-state index is 12.3. The van der Waals surface area contributed by atoms with Crippen molar-refractivity contribution in [1.29, 1.82) is 0 Å².